The Bertz CT molecular complexity index is 772. The molecule has 0 atom stereocenters. The summed E-state index contributed by atoms with van der Waals surface area (Å²) in [6, 6.07) is 13.5. The van der Waals surface area contributed by atoms with E-state index >= 15 is 0 Å². The van der Waals surface area contributed by atoms with Gasteiger partial charge in [-0.1, -0.05) is 18.2 Å². The molecule has 20 heavy (non-hydrogen) atoms. The van der Waals surface area contributed by atoms with E-state index in [4.69, 9.17) is 0 Å². The third kappa shape index (κ3) is 2.16. The molecule has 4 nitrogen and oxygen atoms in total. The second-order valence-corrected chi connectivity index (χ2v) is 4.76. The van der Waals surface area contributed by atoms with Crippen molar-refractivity contribution in [1.82, 2.24) is 15.3 Å². The summed E-state index contributed by atoms with van der Waals surface area (Å²) in [5.41, 5.74) is 4.77. The summed E-state index contributed by atoms with van der Waals surface area (Å²) >= 11 is 0. The molecule has 2 aromatic carbocycles. The lowest BCUT2D eigenvalue weighted by Gasteiger charge is -2.00. The lowest BCUT2D eigenvalue weighted by molar-refractivity contribution is 0.0963. The highest BCUT2D eigenvalue weighted by Gasteiger charge is 2.07. The molecule has 0 fully saturated rings. The predicted molar refractivity (Wildman–Crippen MR) is 79.7 cm³/mol. The van der Waals surface area contributed by atoms with Gasteiger partial charge in [0.25, 0.3) is 5.91 Å². The first kappa shape index (κ1) is 12.4. The number of benzene rings is 2. The van der Waals surface area contributed by atoms with Crippen molar-refractivity contribution in [2.45, 2.75) is 6.92 Å². The van der Waals surface area contributed by atoms with Gasteiger partial charge in [0.15, 0.2) is 0 Å². The number of carbonyl (C=O) groups excluding carboxylic acids is 1. The van der Waals surface area contributed by atoms with E-state index in [1.165, 1.54) is 5.56 Å². The maximum absolute atomic E-state index is 11.5. The summed E-state index contributed by atoms with van der Waals surface area (Å²) in [5.74, 6) is 0.728. The molecule has 1 amide bonds. The molecular weight excluding hydrogens is 250 g/mol. The number of aryl methyl sites for hydroxylation is 1. The van der Waals surface area contributed by atoms with Gasteiger partial charge < -0.3 is 10.3 Å². The molecule has 3 aromatic rings. The monoisotopic (exact) mass is 265 g/mol. The van der Waals surface area contributed by atoms with Crippen LogP contribution in [0.3, 0.4) is 0 Å². The molecule has 0 saturated heterocycles. The summed E-state index contributed by atoms with van der Waals surface area (Å²) < 4.78 is 0. The van der Waals surface area contributed by atoms with Crippen LogP contribution in [0.4, 0.5) is 0 Å². The fourth-order valence-electron chi connectivity index (χ4n) is 2.18. The first-order valence-corrected chi connectivity index (χ1v) is 6.46. The van der Waals surface area contributed by atoms with Gasteiger partial charge in [-0.05, 0) is 36.8 Å². The van der Waals surface area contributed by atoms with Crippen molar-refractivity contribution in [3.63, 3.8) is 0 Å². The zero-order valence-electron chi connectivity index (χ0n) is 11.4. The van der Waals surface area contributed by atoms with Gasteiger partial charge in [-0.3, -0.25) is 4.79 Å². The number of imidazole rings is 1. The van der Waals surface area contributed by atoms with Crippen molar-refractivity contribution in [3.8, 4) is 11.4 Å². The quantitative estimate of drug-likeness (QED) is 0.748. The molecule has 1 heterocycles. The van der Waals surface area contributed by atoms with Gasteiger partial charge in [0.2, 0.25) is 0 Å². The van der Waals surface area contributed by atoms with E-state index < -0.39 is 0 Å². The number of aromatic nitrogens is 2. The van der Waals surface area contributed by atoms with Crippen LogP contribution < -0.4 is 5.32 Å². The highest BCUT2D eigenvalue weighted by molar-refractivity contribution is 5.94. The number of hydrogen-bond donors (Lipinski definition) is 2. The normalized spacial score (nSPS) is 10.7. The molecule has 0 aliphatic rings. The Balaban J connectivity index is 2.00. The van der Waals surface area contributed by atoms with Gasteiger partial charge in [-0.25, -0.2) is 4.98 Å². The number of amides is 1. The summed E-state index contributed by atoms with van der Waals surface area (Å²) in [4.78, 5) is 19.4. The lowest BCUT2D eigenvalue weighted by Crippen LogP contribution is -2.17. The fraction of sp³-hybridized carbons (Fsp3) is 0.125. The Kier molecular flexibility index (Phi) is 2.99. The van der Waals surface area contributed by atoms with Crippen LogP contribution in [0.5, 0.6) is 0 Å². The number of aromatic amines is 1. The van der Waals surface area contributed by atoms with Gasteiger partial charge in [0.05, 0.1) is 11.0 Å². The van der Waals surface area contributed by atoms with Crippen molar-refractivity contribution in [2.75, 3.05) is 7.05 Å². The molecule has 0 radical (unpaired) electrons. The Hall–Kier alpha value is -2.62. The van der Waals surface area contributed by atoms with E-state index in [1.807, 2.05) is 24.3 Å². The van der Waals surface area contributed by atoms with Crippen molar-refractivity contribution in [2.24, 2.45) is 0 Å². The maximum atomic E-state index is 11.5. The standard InChI is InChI=1S/C16H15N3O/c1-10-3-8-13-14(9-10)19-15(18-13)11-4-6-12(7-5-11)16(20)17-2/h3-9H,1-2H3,(H,17,20)(H,18,19). The van der Waals surface area contributed by atoms with E-state index in [9.17, 15) is 4.79 Å². The van der Waals surface area contributed by atoms with E-state index in [2.05, 4.69) is 28.3 Å². The average Bonchev–Trinajstić information content (AvgIpc) is 2.89. The minimum Gasteiger partial charge on any atom is -0.355 e. The van der Waals surface area contributed by atoms with Crippen LogP contribution >= 0.6 is 0 Å². The Morgan fingerprint density at radius 2 is 1.90 bits per heavy atom. The second kappa shape index (κ2) is 4.81. The van der Waals surface area contributed by atoms with Crippen LogP contribution in [0.15, 0.2) is 42.5 Å². The van der Waals surface area contributed by atoms with Gasteiger partial charge in [0.1, 0.15) is 5.82 Å². The molecule has 100 valence electrons. The van der Waals surface area contributed by atoms with Crippen LogP contribution in [-0.2, 0) is 0 Å². The topological polar surface area (TPSA) is 57.8 Å². The zero-order valence-corrected chi connectivity index (χ0v) is 11.4. The van der Waals surface area contributed by atoms with Crippen LogP contribution in [0, 0.1) is 6.92 Å². The predicted octanol–water partition coefficient (Wildman–Crippen LogP) is 2.90. The van der Waals surface area contributed by atoms with Gasteiger partial charge in [0, 0.05) is 18.2 Å². The highest BCUT2D eigenvalue weighted by atomic mass is 16.1. The third-order valence-electron chi connectivity index (χ3n) is 3.28. The molecule has 0 unspecified atom stereocenters. The average molecular weight is 265 g/mol. The van der Waals surface area contributed by atoms with Crippen LogP contribution in [0.2, 0.25) is 0 Å². The molecule has 0 aliphatic heterocycles. The number of nitrogens with zero attached hydrogens (tertiary/aromatic N) is 1. The number of H-pyrrole nitrogens is 1. The van der Waals surface area contributed by atoms with Crippen LogP contribution in [0.1, 0.15) is 15.9 Å². The van der Waals surface area contributed by atoms with Gasteiger partial charge in [-0.15, -0.1) is 0 Å². The molecule has 2 N–H and O–H groups in total. The van der Waals surface area contributed by atoms with E-state index in [0.717, 1.165) is 22.4 Å². The number of carbonyl (C=O) groups is 1. The SMILES string of the molecule is CNC(=O)c1ccc(-c2nc3ccc(C)cc3[nH]2)cc1. The Labute approximate surface area is 116 Å². The third-order valence-corrected chi connectivity index (χ3v) is 3.28. The molecule has 1 aromatic heterocycles. The number of rotatable bonds is 2. The van der Waals surface area contributed by atoms with Crippen molar-refractivity contribution >= 4 is 16.9 Å². The summed E-state index contributed by atoms with van der Waals surface area (Å²) in [5, 5.41) is 2.61. The van der Waals surface area contributed by atoms with Crippen molar-refractivity contribution in [3.05, 3.63) is 53.6 Å². The summed E-state index contributed by atoms with van der Waals surface area (Å²) in [6.07, 6.45) is 0. The molecule has 0 saturated carbocycles. The van der Waals surface area contributed by atoms with E-state index in [0.29, 0.717) is 5.56 Å². The van der Waals surface area contributed by atoms with Gasteiger partial charge in [-0.2, -0.15) is 0 Å². The lowest BCUT2D eigenvalue weighted by atomic mass is 10.1. The second-order valence-electron chi connectivity index (χ2n) is 4.76. The van der Waals surface area contributed by atoms with Crippen molar-refractivity contribution in [1.29, 1.82) is 0 Å². The first-order valence-electron chi connectivity index (χ1n) is 6.46. The molecule has 3 rings (SSSR count). The van der Waals surface area contributed by atoms with Crippen LogP contribution in [0.25, 0.3) is 22.4 Å². The number of hydrogen-bond acceptors (Lipinski definition) is 2. The zero-order chi connectivity index (χ0) is 14.1. The Morgan fingerprint density at radius 1 is 1.15 bits per heavy atom. The maximum Gasteiger partial charge on any atom is 0.251 e. The first-order chi connectivity index (χ1) is 9.67. The van der Waals surface area contributed by atoms with Gasteiger partial charge >= 0.3 is 0 Å². The number of fused-ring (bicyclic) bond motifs is 1. The molecule has 0 spiro atoms. The minimum absolute atomic E-state index is 0.0863. The van der Waals surface area contributed by atoms with E-state index in [1.54, 1.807) is 19.2 Å². The fourth-order valence-corrected chi connectivity index (χ4v) is 2.18. The Morgan fingerprint density at radius 3 is 2.60 bits per heavy atom. The highest BCUT2D eigenvalue weighted by Crippen LogP contribution is 2.21. The minimum atomic E-state index is -0.0863. The summed E-state index contributed by atoms with van der Waals surface area (Å²) in [6.45, 7) is 2.05. The van der Waals surface area contributed by atoms with E-state index in [-0.39, 0.29) is 5.91 Å². The molecular formula is C16H15N3O. The summed E-state index contributed by atoms with van der Waals surface area (Å²) in [7, 11) is 1.62. The largest absolute Gasteiger partial charge is 0.355 e. The molecule has 4 heteroatoms. The molecule has 0 bridgehead atoms. The molecule has 0 aliphatic carbocycles. The van der Waals surface area contributed by atoms with Crippen molar-refractivity contribution < 1.29 is 4.79 Å². The smallest absolute Gasteiger partial charge is 0.251 e. The van der Waals surface area contributed by atoms with Crippen LogP contribution in [-0.4, -0.2) is 22.9 Å². The number of nitrogens with one attached hydrogen (secondary N) is 2.